The highest BCUT2D eigenvalue weighted by atomic mass is 16.2. The van der Waals surface area contributed by atoms with Gasteiger partial charge in [-0.3, -0.25) is 4.79 Å². The zero-order chi connectivity index (χ0) is 20.2. The molecular formula is C25H29N3O. The van der Waals surface area contributed by atoms with Gasteiger partial charge in [0.25, 0.3) is 5.91 Å². The van der Waals surface area contributed by atoms with Gasteiger partial charge >= 0.3 is 0 Å². The lowest BCUT2D eigenvalue weighted by atomic mass is 9.99. The first-order valence-corrected chi connectivity index (χ1v) is 10.7. The topological polar surface area (TPSA) is 36.4 Å². The van der Waals surface area contributed by atoms with Gasteiger partial charge in [0.15, 0.2) is 0 Å². The number of benzene rings is 2. The molecule has 4 heteroatoms. The molecule has 0 radical (unpaired) electrons. The number of pyridine rings is 1. The van der Waals surface area contributed by atoms with Crippen LogP contribution in [0.3, 0.4) is 0 Å². The lowest BCUT2D eigenvalue weighted by molar-refractivity contribution is 0.0633. The quantitative estimate of drug-likeness (QED) is 0.628. The molecule has 1 fully saturated rings. The van der Waals surface area contributed by atoms with Gasteiger partial charge in [-0.05, 0) is 38.1 Å². The molecule has 0 N–H and O–H groups in total. The summed E-state index contributed by atoms with van der Waals surface area (Å²) in [7, 11) is 0. The minimum atomic E-state index is 0.124. The van der Waals surface area contributed by atoms with Crippen molar-refractivity contribution in [2.24, 2.45) is 0 Å². The highest BCUT2D eigenvalue weighted by Gasteiger charge is 2.27. The third-order valence-corrected chi connectivity index (χ3v) is 6.10. The normalized spacial score (nSPS) is 15.2. The predicted molar refractivity (Wildman–Crippen MR) is 119 cm³/mol. The Hall–Kier alpha value is -2.72. The van der Waals surface area contributed by atoms with Crippen LogP contribution in [-0.4, -0.2) is 52.9 Å². The summed E-state index contributed by atoms with van der Waals surface area (Å²) in [6.07, 6.45) is 2.09. The molecule has 0 aliphatic carbocycles. The van der Waals surface area contributed by atoms with E-state index in [2.05, 4.69) is 18.7 Å². The molecule has 1 aliphatic heterocycles. The fourth-order valence-electron chi connectivity index (χ4n) is 4.45. The van der Waals surface area contributed by atoms with E-state index < -0.39 is 0 Å². The second-order valence-corrected chi connectivity index (χ2v) is 7.68. The Bertz CT molecular complexity index is 974. The average molecular weight is 388 g/mol. The molecule has 4 nitrogen and oxygen atoms in total. The highest BCUT2D eigenvalue weighted by molar-refractivity contribution is 6.07. The summed E-state index contributed by atoms with van der Waals surface area (Å²) in [6, 6.07) is 20.6. The first-order chi connectivity index (χ1) is 14.2. The van der Waals surface area contributed by atoms with Crippen molar-refractivity contribution in [3.8, 4) is 11.3 Å². The average Bonchev–Trinajstić information content (AvgIpc) is 2.80. The number of aromatic nitrogens is 1. The molecule has 0 saturated carbocycles. The Morgan fingerprint density at radius 1 is 1.00 bits per heavy atom. The molecule has 1 aliphatic rings. The van der Waals surface area contributed by atoms with Crippen molar-refractivity contribution < 1.29 is 4.79 Å². The summed E-state index contributed by atoms with van der Waals surface area (Å²) in [6.45, 7) is 8.22. The number of nitrogens with zero attached hydrogens (tertiary/aromatic N) is 3. The number of hydrogen-bond donors (Lipinski definition) is 0. The number of amides is 1. The Labute approximate surface area is 173 Å². The van der Waals surface area contributed by atoms with E-state index in [0.29, 0.717) is 6.04 Å². The number of rotatable bonds is 5. The first-order valence-electron chi connectivity index (χ1n) is 10.7. The monoisotopic (exact) mass is 387 g/mol. The summed E-state index contributed by atoms with van der Waals surface area (Å²) in [5.41, 5.74) is 3.52. The van der Waals surface area contributed by atoms with E-state index >= 15 is 0 Å². The summed E-state index contributed by atoms with van der Waals surface area (Å²) < 4.78 is 0. The van der Waals surface area contributed by atoms with Crippen molar-refractivity contribution in [3.63, 3.8) is 0 Å². The van der Waals surface area contributed by atoms with Gasteiger partial charge in [0, 0.05) is 30.1 Å². The van der Waals surface area contributed by atoms with E-state index in [0.717, 1.165) is 66.7 Å². The van der Waals surface area contributed by atoms with Crippen LogP contribution in [0.2, 0.25) is 0 Å². The highest BCUT2D eigenvalue weighted by Crippen LogP contribution is 2.27. The van der Waals surface area contributed by atoms with Crippen LogP contribution in [0.1, 0.15) is 37.0 Å². The van der Waals surface area contributed by atoms with Crippen LogP contribution in [-0.2, 0) is 0 Å². The van der Waals surface area contributed by atoms with Crippen molar-refractivity contribution in [2.75, 3.05) is 26.2 Å². The molecule has 2 heterocycles. The third kappa shape index (κ3) is 4.03. The van der Waals surface area contributed by atoms with E-state index in [1.165, 1.54) is 0 Å². The van der Waals surface area contributed by atoms with E-state index in [-0.39, 0.29) is 5.91 Å². The van der Waals surface area contributed by atoms with Gasteiger partial charge in [-0.1, -0.05) is 62.4 Å². The van der Waals surface area contributed by atoms with Crippen LogP contribution in [0.25, 0.3) is 22.2 Å². The summed E-state index contributed by atoms with van der Waals surface area (Å²) in [5.74, 6) is 0.124. The lowest BCUT2D eigenvalue weighted by Crippen LogP contribution is -2.46. The molecule has 1 saturated heterocycles. The standard InChI is InChI=1S/C25H29N3O/c1-3-27(4-2)20-14-16-28(17-15-20)25(29)22-18-24(19-10-6-5-7-11-19)26-23-13-9-8-12-21(22)23/h5-13,18,20H,3-4,14-17H2,1-2H3. The molecule has 0 atom stereocenters. The van der Waals surface area contributed by atoms with E-state index in [9.17, 15) is 4.79 Å². The summed E-state index contributed by atoms with van der Waals surface area (Å²) >= 11 is 0. The minimum absolute atomic E-state index is 0.124. The van der Waals surface area contributed by atoms with Crippen molar-refractivity contribution in [3.05, 3.63) is 66.2 Å². The van der Waals surface area contributed by atoms with Gasteiger partial charge in [-0.15, -0.1) is 0 Å². The van der Waals surface area contributed by atoms with Gasteiger partial charge in [0.05, 0.1) is 16.8 Å². The van der Waals surface area contributed by atoms with Crippen LogP contribution < -0.4 is 0 Å². The van der Waals surface area contributed by atoms with Crippen molar-refractivity contribution in [1.82, 2.24) is 14.8 Å². The SMILES string of the molecule is CCN(CC)C1CCN(C(=O)c2cc(-c3ccccc3)nc3ccccc23)CC1. The number of fused-ring (bicyclic) bond motifs is 1. The molecular weight excluding hydrogens is 358 g/mol. The predicted octanol–water partition coefficient (Wildman–Crippen LogP) is 4.85. The Morgan fingerprint density at radius 3 is 2.34 bits per heavy atom. The van der Waals surface area contributed by atoms with Gasteiger partial charge in [-0.25, -0.2) is 4.98 Å². The second kappa shape index (κ2) is 8.75. The Kier molecular flexibility index (Phi) is 5.91. The van der Waals surface area contributed by atoms with Gasteiger partial charge in [0.1, 0.15) is 0 Å². The molecule has 0 unspecified atom stereocenters. The molecule has 4 rings (SSSR count). The maximum atomic E-state index is 13.5. The number of likely N-dealkylation sites (tertiary alicyclic amines) is 1. The van der Waals surface area contributed by atoms with E-state index in [4.69, 9.17) is 4.98 Å². The first kappa shape index (κ1) is 19.6. The fraction of sp³-hybridized carbons (Fsp3) is 0.360. The van der Waals surface area contributed by atoms with Gasteiger partial charge in [-0.2, -0.15) is 0 Å². The van der Waals surface area contributed by atoms with Crippen molar-refractivity contribution in [2.45, 2.75) is 32.7 Å². The smallest absolute Gasteiger partial charge is 0.254 e. The molecule has 29 heavy (non-hydrogen) atoms. The number of piperidine rings is 1. The largest absolute Gasteiger partial charge is 0.339 e. The Morgan fingerprint density at radius 2 is 1.66 bits per heavy atom. The fourth-order valence-corrected chi connectivity index (χ4v) is 4.45. The van der Waals surface area contributed by atoms with Crippen LogP contribution >= 0.6 is 0 Å². The van der Waals surface area contributed by atoms with Gasteiger partial charge in [0.2, 0.25) is 0 Å². The zero-order valence-electron chi connectivity index (χ0n) is 17.3. The molecule has 3 aromatic rings. The summed E-state index contributed by atoms with van der Waals surface area (Å²) in [5, 5.41) is 0.933. The maximum Gasteiger partial charge on any atom is 0.254 e. The van der Waals surface area contributed by atoms with Crippen molar-refractivity contribution >= 4 is 16.8 Å². The molecule has 2 aromatic carbocycles. The van der Waals surface area contributed by atoms with Crippen LogP contribution in [0, 0.1) is 0 Å². The molecule has 0 spiro atoms. The van der Waals surface area contributed by atoms with E-state index in [1.807, 2.05) is 65.6 Å². The number of carbonyl (C=O) groups excluding carboxylic acids is 1. The zero-order valence-corrected chi connectivity index (χ0v) is 17.3. The minimum Gasteiger partial charge on any atom is -0.339 e. The number of carbonyl (C=O) groups is 1. The Balaban J connectivity index is 1.64. The van der Waals surface area contributed by atoms with Crippen LogP contribution in [0.15, 0.2) is 60.7 Å². The number of hydrogen-bond acceptors (Lipinski definition) is 3. The molecule has 1 amide bonds. The summed E-state index contributed by atoms with van der Waals surface area (Å²) in [4.78, 5) is 22.8. The lowest BCUT2D eigenvalue weighted by Gasteiger charge is -2.37. The number of para-hydroxylation sites is 1. The van der Waals surface area contributed by atoms with Crippen molar-refractivity contribution in [1.29, 1.82) is 0 Å². The third-order valence-electron chi connectivity index (χ3n) is 6.10. The molecule has 0 bridgehead atoms. The maximum absolute atomic E-state index is 13.5. The molecule has 1 aromatic heterocycles. The molecule has 150 valence electrons. The van der Waals surface area contributed by atoms with Crippen LogP contribution in [0.5, 0.6) is 0 Å². The second-order valence-electron chi connectivity index (χ2n) is 7.68. The van der Waals surface area contributed by atoms with Crippen LogP contribution in [0.4, 0.5) is 0 Å². The van der Waals surface area contributed by atoms with E-state index in [1.54, 1.807) is 0 Å². The van der Waals surface area contributed by atoms with Gasteiger partial charge < -0.3 is 9.80 Å².